The van der Waals surface area contributed by atoms with E-state index in [1.165, 1.54) is 24.0 Å². The molecule has 0 saturated heterocycles. The van der Waals surface area contributed by atoms with Gasteiger partial charge in [-0.25, -0.2) is 9.37 Å². The van der Waals surface area contributed by atoms with Crippen LogP contribution in [0.3, 0.4) is 0 Å². The molecule has 0 radical (unpaired) electrons. The number of hydrogen-bond acceptors (Lipinski definition) is 5. The van der Waals surface area contributed by atoms with Gasteiger partial charge in [-0.1, -0.05) is 19.1 Å². The lowest BCUT2D eigenvalue weighted by Gasteiger charge is -2.12. The monoisotopic (exact) mass is 324 g/mol. The summed E-state index contributed by atoms with van der Waals surface area (Å²) >= 11 is 0. The van der Waals surface area contributed by atoms with Crippen LogP contribution in [0.15, 0.2) is 54.9 Å². The molecule has 0 spiro atoms. The fourth-order valence-electron chi connectivity index (χ4n) is 2.14. The Morgan fingerprint density at radius 2 is 1.75 bits per heavy atom. The smallest absolute Gasteiger partial charge is 0.248 e. The highest BCUT2D eigenvalue weighted by atomic mass is 19.1. The SMILES string of the molecule is CCc1ccc(Oc2ncnc(Nc3ccc(F)cc3)c2N)cc1. The Kier molecular flexibility index (Phi) is 4.56. The van der Waals surface area contributed by atoms with Crippen LogP contribution in [0.2, 0.25) is 0 Å². The van der Waals surface area contributed by atoms with Crippen molar-refractivity contribution in [2.24, 2.45) is 0 Å². The van der Waals surface area contributed by atoms with Gasteiger partial charge in [0.2, 0.25) is 5.88 Å². The molecular formula is C18H17FN4O. The molecule has 0 fully saturated rings. The number of hydrogen-bond donors (Lipinski definition) is 2. The molecule has 3 aromatic rings. The van der Waals surface area contributed by atoms with Gasteiger partial charge < -0.3 is 15.8 Å². The van der Waals surface area contributed by atoms with Gasteiger partial charge in [0.15, 0.2) is 5.82 Å². The first kappa shape index (κ1) is 15.7. The highest BCUT2D eigenvalue weighted by molar-refractivity contribution is 5.72. The molecule has 1 aromatic heterocycles. The van der Waals surface area contributed by atoms with Crippen molar-refractivity contribution in [2.75, 3.05) is 11.1 Å². The van der Waals surface area contributed by atoms with Gasteiger partial charge in [0.25, 0.3) is 0 Å². The minimum atomic E-state index is -0.309. The van der Waals surface area contributed by atoms with Gasteiger partial charge in [-0.05, 0) is 48.4 Å². The van der Waals surface area contributed by atoms with E-state index in [0.717, 1.165) is 6.42 Å². The number of halogens is 1. The summed E-state index contributed by atoms with van der Waals surface area (Å²) in [5.74, 6) is 0.997. The molecule has 0 amide bonds. The van der Waals surface area contributed by atoms with E-state index in [-0.39, 0.29) is 17.4 Å². The molecule has 0 saturated carbocycles. The topological polar surface area (TPSA) is 73.1 Å². The van der Waals surface area contributed by atoms with Crippen molar-refractivity contribution in [1.82, 2.24) is 9.97 Å². The predicted octanol–water partition coefficient (Wildman–Crippen LogP) is 4.30. The Balaban J connectivity index is 1.80. The number of aromatic nitrogens is 2. The molecule has 0 atom stereocenters. The summed E-state index contributed by atoms with van der Waals surface area (Å²) in [5.41, 5.74) is 8.24. The maximum atomic E-state index is 13.0. The van der Waals surface area contributed by atoms with E-state index in [0.29, 0.717) is 17.3 Å². The summed E-state index contributed by atoms with van der Waals surface area (Å²) < 4.78 is 18.7. The first-order valence-electron chi connectivity index (χ1n) is 7.55. The van der Waals surface area contributed by atoms with Crippen molar-refractivity contribution in [3.63, 3.8) is 0 Å². The van der Waals surface area contributed by atoms with Crippen LogP contribution in [0, 0.1) is 5.82 Å². The largest absolute Gasteiger partial charge is 0.437 e. The van der Waals surface area contributed by atoms with Gasteiger partial charge in [-0.3, -0.25) is 0 Å². The van der Waals surface area contributed by atoms with E-state index >= 15 is 0 Å². The van der Waals surface area contributed by atoms with Crippen molar-refractivity contribution in [3.8, 4) is 11.6 Å². The standard InChI is InChI=1S/C18H17FN4O/c1-2-12-3-9-15(10-4-12)24-18-16(20)17(21-11-22-18)23-14-7-5-13(19)6-8-14/h3-11H,2,20H2,1H3,(H,21,22,23). The number of nitrogens with two attached hydrogens (primary N) is 1. The van der Waals surface area contributed by atoms with Crippen molar-refractivity contribution >= 4 is 17.2 Å². The molecule has 0 aliphatic carbocycles. The van der Waals surface area contributed by atoms with Crippen molar-refractivity contribution in [1.29, 1.82) is 0 Å². The minimum Gasteiger partial charge on any atom is -0.437 e. The average molecular weight is 324 g/mol. The number of aryl methyl sites for hydroxylation is 1. The van der Waals surface area contributed by atoms with E-state index in [9.17, 15) is 4.39 Å². The molecule has 0 aliphatic rings. The maximum Gasteiger partial charge on any atom is 0.248 e. The summed E-state index contributed by atoms with van der Waals surface area (Å²) in [6, 6.07) is 13.6. The summed E-state index contributed by atoms with van der Waals surface area (Å²) in [4.78, 5) is 8.18. The quantitative estimate of drug-likeness (QED) is 0.732. The second-order valence-electron chi connectivity index (χ2n) is 5.17. The Morgan fingerprint density at radius 3 is 2.42 bits per heavy atom. The second kappa shape index (κ2) is 6.95. The van der Waals surface area contributed by atoms with E-state index in [2.05, 4.69) is 22.2 Å². The Bertz CT molecular complexity index is 819. The first-order valence-corrected chi connectivity index (χ1v) is 7.55. The molecule has 6 heteroatoms. The zero-order valence-electron chi connectivity index (χ0n) is 13.2. The van der Waals surface area contributed by atoms with Crippen molar-refractivity contribution < 1.29 is 9.13 Å². The van der Waals surface area contributed by atoms with E-state index in [1.54, 1.807) is 12.1 Å². The number of benzene rings is 2. The molecule has 0 bridgehead atoms. The lowest BCUT2D eigenvalue weighted by Crippen LogP contribution is -2.03. The highest BCUT2D eigenvalue weighted by Crippen LogP contribution is 2.31. The molecule has 122 valence electrons. The first-order chi connectivity index (χ1) is 11.7. The molecular weight excluding hydrogens is 307 g/mol. The number of anilines is 3. The highest BCUT2D eigenvalue weighted by Gasteiger charge is 2.10. The minimum absolute atomic E-state index is 0.263. The number of nitrogens with zero attached hydrogens (tertiary/aromatic N) is 2. The molecule has 0 unspecified atom stereocenters. The van der Waals surface area contributed by atoms with Gasteiger partial charge in [0, 0.05) is 5.69 Å². The van der Waals surface area contributed by atoms with Gasteiger partial charge >= 0.3 is 0 Å². The third-order valence-corrected chi connectivity index (χ3v) is 3.50. The van der Waals surface area contributed by atoms with Gasteiger partial charge in [-0.2, -0.15) is 4.98 Å². The molecule has 5 nitrogen and oxygen atoms in total. The fourth-order valence-corrected chi connectivity index (χ4v) is 2.14. The summed E-state index contributed by atoms with van der Waals surface area (Å²) in [6.07, 6.45) is 2.32. The van der Waals surface area contributed by atoms with Crippen LogP contribution in [-0.2, 0) is 6.42 Å². The van der Waals surface area contributed by atoms with Gasteiger partial charge in [0.05, 0.1) is 0 Å². The van der Waals surface area contributed by atoms with Crippen LogP contribution in [0.1, 0.15) is 12.5 Å². The van der Waals surface area contributed by atoms with E-state index < -0.39 is 0 Å². The Morgan fingerprint density at radius 1 is 1.04 bits per heavy atom. The summed E-state index contributed by atoms with van der Waals surface area (Å²) in [6.45, 7) is 2.09. The van der Waals surface area contributed by atoms with Crippen molar-refractivity contribution in [2.45, 2.75) is 13.3 Å². The van der Waals surface area contributed by atoms with Crippen LogP contribution in [0.5, 0.6) is 11.6 Å². The Labute approximate surface area is 139 Å². The molecule has 1 heterocycles. The molecule has 3 N–H and O–H groups in total. The third-order valence-electron chi connectivity index (χ3n) is 3.50. The lowest BCUT2D eigenvalue weighted by atomic mass is 10.2. The van der Waals surface area contributed by atoms with Crippen LogP contribution in [-0.4, -0.2) is 9.97 Å². The summed E-state index contributed by atoms with van der Waals surface area (Å²) in [7, 11) is 0. The molecule has 3 rings (SSSR count). The van der Waals surface area contributed by atoms with E-state index in [4.69, 9.17) is 10.5 Å². The third kappa shape index (κ3) is 3.60. The average Bonchev–Trinajstić information content (AvgIpc) is 2.61. The number of ether oxygens (including phenoxy) is 1. The number of nitrogen functional groups attached to an aromatic ring is 1. The molecule has 0 aliphatic heterocycles. The van der Waals surface area contributed by atoms with Crippen LogP contribution in [0.25, 0.3) is 0 Å². The molecule has 24 heavy (non-hydrogen) atoms. The second-order valence-corrected chi connectivity index (χ2v) is 5.17. The van der Waals surface area contributed by atoms with Crippen LogP contribution >= 0.6 is 0 Å². The van der Waals surface area contributed by atoms with Gasteiger partial charge in [-0.15, -0.1) is 0 Å². The fraction of sp³-hybridized carbons (Fsp3) is 0.111. The summed E-state index contributed by atoms with van der Waals surface area (Å²) in [5, 5.41) is 3.02. The number of nitrogens with one attached hydrogen (secondary N) is 1. The van der Waals surface area contributed by atoms with Crippen molar-refractivity contribution in [3.05, 3.63) is 66.2 Å². The lowest BCUT2D eigenvalue weighted by molar-refractivity contribution is 0.464. The predicted molar refractivity (Wildman–Crippen MR) is 92.0 cm³/mol. The zero-order chi connectivity index (χ0) is 16.9. The van der Waals surface area contributed by atoms with Crippen LogP contribution in [0.4, 0.5) is 21.6 Å². The zero-order valence-corrected chi connectivity index (χ0v) is 13.2. The van der Waals surface area contributed by atoms with Gasteiger partial charge in [0.1, 0.15) is 23.6 Å². The number of rotatable bonds is 5. The maximum absolute atomic E-state index is 13.0. The molecule has 2 aromatic carbocycles. The van der Waals surface area contributed by atoms with Crippen LogP contribution < -0.4 is 15.8 Å². The Hall–Kier alpha value is -3.15. The normalized spacial score (nSPS) is 10.4. The van der Waals surface area contributed by atoms with E-state index in [1.807, 2.05) is 24.3 Å².